The second-order valence-electron chi connectivity index (χ2n) is 2.05. The fourth-order valence-corrected chi connectivity index (χ4v) is 0.771. The van der Waals surface area contributed by atoms with Crippen molar-refractivity contribution >= 4 is 0 Å². The van der Waals surface area contributed by atoms with Crippen LogP contribution in [0.25, 0.3) is 0 Å². The third-order valence-electron chi connectivity index (χ3n) is 1.31. The van der Waals surface area contributed by atoms with Crippen molar-refractivity contribution in [2.24, 2.45) is 5.73 Å². The fraction of sp³-hybridized carbons (Fsp3) is 0.833. The van der Waals surface area contributed by atoms with E-state index in [-0.39, 0.29) is 0 Å². The highest BCUT2D eigenvalue weighted by Gasteiger charge is 2.19. The number of rotatable bonds is 3. The molecule has 0 fully saturated rings. The Kier molecular flexibility index (Phi) is 3.11. The highest BCUT2D eigenvalue weighted by molar-refractivity contribution is 4.72. The van der Waals surface area contributed by atoms with Gasteiger partial charge in [0, 0.05) is 6.92 Å². The molecule has 3 nitrogen and oxygen atoms in total. The molecule has 0 rings (SSSR count). The molecule has 0 heterocycles. The van der Waals surface area contributed by atoms with Gasteiger partial charge in [-0.05, 0) is 13.1 Å². The Morgan fingerprint density at radius 1 is 1.56 bits per heavy atom. The van der Waals surface area contributed by atoms with Crippen LogP contribution in [-0.2, 0) is 0 Å². The second kappa shape index (κ2) is 3.15. The van der Waals surface area contributed by atoms with E-state index in [1.807, 2.05) is 13.8 Å². The van der Waals surface area contributed by atoms with E-state index in [2.05, 4.69) is 6.92 Å². The van der Waals surface area contributed by atoms with Crippen molar-refractivity contribution < 1.29 is 5.11 Å². The standard InChI is InChI=1S/C6H15N2O/c1-4-8(5-2)6(3,7)9/h9H,3-5,7H2,1-2H3. The average molecular weight is 131 g/mol. The van der Waals surface area contributed by atoms with E-state index >= 15 is 0 Å². The highest BCUT2D eigenvalue weighted by atomic mass is 16.3. The maximum atomic E-state index is 9.07. The molecule has 1 atom stereocenters. The second-order valence-corrected chi connectivity index (χ2v) is 2.05. The Bertz CT molecular complexity index is 73.6. The zero-order valence-corrected chi connectivity index (χ0v) is 6.09. The SMILES string of the molecule is [CH2]C(N)(O)N(CC)CC. The molecule has 0 saturated heterocycles. The largest absolute Gasteiger partial charge is 0.363 e. The predicted octanol–water partition coefficient (Wildman–Crippen LogP) is -0.233. The van der Waals surface area contributed by atoms with Gasteiger partial charge in [-0.15, -0.1) is 0 Å². The van der Waals surface area contributed by atoms with E-state index < -0.39 is 5.85 Å². The Hall–Kier alpha value is -0.120. The molecule has 3 heteroatoms. The first kappa shape index (κ1) is 8.88. The lowest BCUT2D eigenvalue weighted by Gasteiger charge is -2.30. The molecule has 9 heavy (non-hydrogen) atoms. The number of nitrogens with two attached hydrogens (primary N) is 1. The summed E-state index contributed by atoms with van der Waals surface area (Å²) in [5.74, 6) is -1.40. The molecule has 0 aliphatic heterocycles. The van der Waals surface area contributed by atoms with Crippen molar-refractivity contribution in [2.75, 3.05) is 13.1 Å². The minimum Gasteiger partial charge on any atom is -0.363 e. The van der Waals surface area contributed by atoms with Crippen LogP contribution in [0.15, 0.2) is 0 Å². The third kappa shape index (κ3) is 2.79. The van der Waals surface area contributed by atoms with Gasteiger partial charge in [-0.3, -0.25) is 10.6 Å². The summed E-state index contributed by atoms with van der Waals surface area (Å²) in [5.41, 5.74) is 5.27. The minimum absolute atomic E-state index is 0.715. The van der Waals surface area contributed by atoms with Gasteiger partial charge < -0.3 is 5.11 Å². The molecular weight excluding hydrogens is 116 g/mol. The summed E-state index contributed by atoms with van der Waals surface area (Å²) in [5, 5.41) is 9.07. The fourth-order valence-electron chi connectivity index (χ4n) is 0.771. The van der Waals surface area contributed by atoms with Crippen LogP contribution in [0.2, 0.25) is 0 Å². The van der Waals surface area contributed by atoms with E-state index in [0.717, 1.165) is 0 Å². The van der Waals surface area contributed by atoms with Crippen LogP contribution in [0, 0.1) is 6.92 Å². The summed E-state index contributed by atoms with van der Waals surface area (Å²) in [7, 11) is 0. The maximum Gasteiger partial charge on any atom is 0.171 e. The van der Waals surface area contributed by atoms with Gasteiger partial charge in [0.15, 0.2) is 5.85 Å². The van der Waals surface area contributed by atoms with Crippen molar-refractivity contribution in [1.29, 1.82) is 0 Å². The van der Waals surface area contributed by atoms with Crippen LogP contribution in [0.4, 0.5) is 0 Å². The molecule has 0 bridgehead atoms. The van der Waals surface area contributed by atoms with E-state index in [0.29, 0.717) is 13.1 Å². The molecule has 3 N–H and O–H groups in total. The summed E-state index contributed by atoms with van der Waals surface area (Å²) < 4.78 is 0. The minimum atomic E-state index is -1.40. The molecule has 0 aromatic carbocycles. The molecule has 0 saturated carbocycles. The predicted molar refractivity (Wildman–Crippen MR) is 37.4 cm³/mol. The first-order valence-corrected chi connectivity index (χ1v) is 3.14. The van der Waals surface area contributed by atoms with Gasteiger partial charge in [-0.1, -0.05) is 13.8 Å². The number of hydrogen-bond donors (Lipinski definition) is 2. The van der Waals surface area contributed by atoms with Crippen molar-refractivity contribution in [3.8, 4) is 0 Å². The lowest BCUT2D eigenvalue weighted by atomic mass is 10.4. The molecule has 55 valence electrons. The molecule has 1 unspecified atom stereocenters. The van der Waals surface area contributed by atoms with E-state index in [9.17, 15) is 0 Å². The van der Waals surface area contributed by atoms with E-state index in [1.54, 1.807) is 4.90 Å². The van der Waals surface area contributed by atoms with Gasteiger partial charge in [-0.2, -0.15) is 0 Å². The van der Waals surface area contributed by atoms with Crippen LogP contribution in [0.3, 0.4) is 0 Å². The Labute approximate surface area is 56.5 Å². The van der Waals surface area contributed by atoms with Gasteiger partial charge in [0.2, 0.25) is 0 Å². The summed E-state index contributed by atoms with van der Waals surface area (Å²) in [6.07, 6.45) is 0. The number of aliphatic hydroxyl groups is 1. The summed E-state index contributed by atoms with van der Waals surface area (Å²) >= 11 is 0. The summed E-state index contributed by atoms with van der Waals surface area (Å²) in [4.78, 5) is 1.66. The molecule has 0 spiro atoms. The Morgan fingerprint density at radius 3 is 1.89 bits per heavy atom. The van der Waals surface area contributed by atoms with Crippen LogP contribution in [0.1, 0.15) is 13.8 Å². The van der Waals surface area contributed by atoms with Gasteiger partial charge >= 0.3 is 0 Å². The molecule has 0 aliphatic carbocycles. The summed E-state index contributed by atoms with van der Waals surface area (Å²) in [6, 6.07) is 0. The van der Waals surface area contributed by atoms with Crippen LogP contribution in [0.5, 0.6) is 0 Å². The molecular formula is C6H15N2O. The first-order chi connectivity index (χ1) is 4.02. The zero-order valence-electron chi connectivity index (χ0n) is 6.09. The molecule has 0 aromatic rings. The van der Waals surface area contributed by atoms with Gasteiger partial charge in [0.25, 0.3) is 0 Å². The Morgan fingerprint density at radius 2 is 1.89 bits per heavy atom. The molecule has 0 amide bonds. The van der Waals surface area contributed by atoms with Gasteiger partial charge in [0.1, 0.15) is 0 Å². The Balaban J connectivity index is 3.79. The first-order valence-electron chi connectivity index (χ1n) is 3.14. The van der Waals surface area contributed by atoms with Crippen molar-refractivity contribution in [2.45, 2.75) is 19.7 Å². The monoisotopic (exact) mass is 131 g/mol. The van der Waals surface area contributed by atoms with Crippen LogP contribution >= 0.6 is 0 Å². The van der Waals surface area contributed by atoms with Crippen molar-refractivity contribution in [3.63, 3.8) is 0 Å². The molecule has 0 aromatic heterocycles. The molecule has 1 radical (unpaired) electrons. The van der Waals surface area contributed by atoms with Crippen molar-refractivity contribution in [1.82, 2.24) is 4.90 Å². The van der Waals surface area contributed by atoms with Crippen LogP contribution in [-0.4, -0.2) is 28.9 Å². The van der Waals surface area contributed by atoms with Gasteiger partial charge in [0.05, 0.1) is 0 Å². The van der Waals surface area contributed by atoms with Crippen LogP contribution < -0.4 is 5.73 Å². The summed E-state index contributed by atoms with van der Waals surface area (Å²) in [6.45, 7) is 8.65. The molecule has 0 aliphatic rings. The maximum absolute atomic E-state index is 9.07. The quantitative estimate of drug-likeness (QED) is 0.520. The lowest BCUT2D eigenvalue weighted by molar-refractivity contribution is -0.0600. The van der Waals surface area contributed by atoms with E-state index in [1.165, 1.54) is 0 Å². The topological polar surface area (TPSA) is 49.5 Å². The van der Waals surface area contributed by atoms with Crippen molar-refractivity contribution in [3.05, 3.63) is 6.92 Å². The lowest BCUT2D eigenvalue weighted by Crippen LogP contribution is -2.53. The number of hydrogen-bond acceptors (Lipinski definition) is 3. The zero-order chi connectivity index (χ0) is 7.49. The van der Waals surface area contributed by atoms with Gasteiger partial charge in [-0.25, -0.2) is 0 Å². The smallest absolute Gasteiger partial charge is 0.171 e. The highest BCUT2D eigenvalue weighted by Crippen LogP contribution is 2.00. The van der Waals surface area contributed by atoms with E-state index in [4.69, 9.17) is 10.8 Å². The average Bonchev–Trinajstić information content (AvgIpc) is 1.65. The number of nitrogens with zero attached hydrogens (tertiary/aromatic N) is 1. The normalized spacial score (nSPS) is 18.0. The third-order valence-corrected chi connectivity index (χ3v) is 1.31.